The highest BCUT2D eigenvalue weighted by Crippen LogP contribution is 2.32. The molecule has 0 aromatic rings. The molecule has 1 aliphatic heterocycles. The van der Waals surface area contributed by atoms with E-state index in [0.717, 1.165) is 18.0 Å². The lowest BCUT2D eigenvalue weighted by molar-refractivity contribution is -0.741. The first-order valence-electron chi connectivity index (χ1n) is 5.84. The molecule has 1 aliphatic carbocycles. The van der Waals surface area contributed by atoms with Crippen LogP contribution in [-0.4, -0.2) is 18.1 Å². The van der Waals surface area contributed by atoms with Gasteiger partial charge in [-0.1, -0.05) is 13.8 Å². The summed E-state index contributed by atoms with van der Waals surface area (Å²) in [5.74, 6) is 1.53. The lowest BCUT2D eigenvalue weighted by Gasteiger charge is -2.39. The van der Waals surface area contributed by atoms with Gasteiger partial charge in [0.05, 0.1) is 12.1 Å². The van der Waals surface area contributed by atoms with Gasteiger partial charge in [-0.05, 0) is 25.7 Å². The molecule has 0 bridgehead atoms. The van der Waals surface area contributed by atoms with E-state index in [1.165, 1.54) is 25.7 Å². The molecule has 0 amide bonds. The molecule has 1 saturated carbocycles. The van der Waals surface area contributed by atoms with Crippen molar-refractivity contribution in [3.8, 4) is 0 Å². The Labute approximate surface area is 81.3 Å². The Balaban J connectivity index is 2.08. The van der Waals surface area contributed by atoms with Crippen molar-refractivity contribution < 1.29 is 5.32 Å². The van der Waals surface area contributed by atoms with Crippen LogP contribution in [0, 0.1) is 11.8 Å². The summed E-state index contributed by atoms with van der Waals surface area (Å²) in [5, 5.41) is 2.62. The third-order valence-corrected chi connectivity index (χ3v) is 4.37. The zero-order valence-electron chi connectivity index (χ0n) is 8.87. The molecule has 0 spiro atoms. The first-order valence-corrected chi connectivity index (χ1v) is 5.84. The van der Waals surface area contributed by atoms with Crippen LogP contribution in [0.3, 0.4) is 0 Å². The van der Waals surface area contributed by atoms with Gasteiger partial charge in [0.1, 0.15) is 0 Å². The van der Waals surface area contributed by atoms with E-state index < -0.39 is 0 Å². The fourth-order valence-corrected chi connectivity index (χ4v) is 3.41. The molecule has 2 rings (SSSR count). The molecule has 4 N–H and O–H groups in total. The molecular formula is C11H23N2+. The molecular weight excluding hydrogens is 160 g/mol. The maximum Gasteiger partial charge on any atom is 0.0904 e. The smallest absolute Gasteiger partial charge is 0.0904 e. The van der Waals surface area contributed by atoms with E-state index >= 15 is 0 Å². The molecule has 1 saturated heterocycles. The molecule has 5 atom stereocenters. The van der Waals surface area contributed by atoms with Gasteiger partial charge < -0.3 is 11.1 Å². The van der Waals surface area contributed by atoms with Crippen molar-refractivity contribution in [3.63, 3.8) is 0 Å². The largest absolute Gasteiger partial charge is 0.341 e. The van der Waals surface area contributed by atoms with Crippen molar-refractivity contribution in [1.82, 2.24) is 0 Å². The Morgan fingerprint density at radius 2 is 2.15 bits per heavy atom. The minimum atomic E-state index is 0.474. The van der Waals surface area contributed by atoms with Crippen LogP contribution in [0.1, 0.15) is 39.5 Å². The number of fused-ring (bicyclic) bond motifs is 1. The summed E-state index contributed by atoms with van der Waals surface area (Å²) in [6, 6.07) is 2.12. The standard InChI is InChI=1S/C11H22N2/c1-3-9-7(2)11(12)8-5-4-6-10(8)13-9/h7-11,13H,3-6,12H2,1-2H3/p+1. The Kier molecular flexibility index (Phi) is 2.61. The molecule has 5 unspecified atom stereocenters. The van der Waals surface area contributed by atoms with E-state index in [4.69, 9.17) is 5.73 Å². The minimum Gasteiger partial charge on any atom is -0.341 e. The van der Waals surface area contributed by atoms with Gasteiger partial charge in [-0.3, -0.25) is 0 Å². The molecule has 2 aliphatic rings. The van der Waals surface area contributed by atoms with Gasteiger partial charge in [-0.2, -0.15) is 0 Å². The molecule has 2 fully saturated rings. The topological polar surface area (TPSA) is 42.6 Å². The second-order valence-corrected chi connectivity index (χ2v) is 4.96. The highest BCUT2D eigenvalue weighted by molar-refractivity contribution is 4.92. The average molecular weight is 183 g/mol. The highest BCUT2D eigenvalue weighted by atomic mass is 15.0. The molecule has 2 heteroatoms. The van der Waals surface area contributed by atoms with Gasteiger partial charge in [-0.25, -0.2) is 0 Å². The molecule has 0 aromatic carbocycles. The quantitative estimate of drug-likeness (QED) is 0.610. The minimum absolute atomic E-state index is 0.474. The van der Waals surface area contributed by atoms with Crippen molar-refractivity contribution >= 4 is 0 Å². The van der Waals surface area contributed by atoms with Crippen LogP contribution >= 0.6 is 0 Å². The van der Waals surface area contributed by atoms with E-state index in [1.807, 2.05) is 0 Å². The number of quaternary nitrogens is 1. The Bertz CT molecular complexity index is 181. The van der Waals surface area contributed by atoms with E-state index in [1.54, 1.807) is 0 Å². The van der Waals surface area contributed by atoms with Crippen LogP contribution in [-0.2, 0) is 0 Å². The number of rotatable bonds is 1. The molecule has 76 valence electrons. The zero-order valence-corrected chi connectivity index (χ0v) is 8.87. The number of nitrogens with two attached hydrogens (primary N) is 2. The van der Waals surface area contributed by atoms with E-state index in [-0.39, 0.29) is 0 Å². The fraction of sp³-hybridized carbons (Fsp3) is 1.00. The second kappa shape index (κ2) is 3.58. The van der Waals surface area contributed by atoms with Gasteiger partial charge in [0.2, 0.25) is 0 Å². The summed E-state index contributed by atoms with van der Waals surface area (Å²) in [5.41, 5.74) is 6.31. The summed E-state index contributed by atoms with van der Waals surface area (Å²) in [7, 11) is 0. The van der Waals surface area contributed by atoms with E-state index in [0.29, 0.717) is 12.0 Å². The van der Waals surface area contributed by atoms with Crippen LogP contribution in [0.15, 0.2) is 0 Å². The van der Waals surface area contributed by atoms with Crippen molar-refractivity contribution in [3.05, 3.63) is 0 Å². The van der Waals surface area contributed by atoms with Crippen LogP contribution in [0.25, 0.3) is 0 Å². The normalized spacial score (nSPS) is 50.5. The Morgan fingerprint density at radius 1 is 1.38 bits per heavy atom. The van der Waals surface area contributed by atoms with Crippen LogP contribution < -0.4 is 11.1 Å². The maximum absolute atomic E-state index is 6.31. The van der Waals surface area contributed by atoms with Crippen molar-refractivity contribution in [2.45, 2.75) is 57.7 Å². The lowest BCUT2D eigenvalue weighted by Crippen LogP contribution is -3.00. The lowest BCUT2D eigenvalue weighted by atomic mass is 9.77. The highest BCUT2D eigenvalue weighted by Gasteiger charge is 2.45. The van der Waals surface area contributed by atoms with Crippen molar-refractivity contribution in [2.24, 2.45) is 17.6 Å². The molecule has 0 radical (unpaired) electrons. The molecule has 13 heavy (non-hydrogen) atoms. The summed E-state index contributed by atoms with van der Waals surface area (Å²) in [6.45, 7) is 4.63. The number of hydrogen-bond donors (Lipinski definition) is 2. The fourth-order valence-electron chi connectivity index (χ4n) is 3.41. The Morgan fingerprint density at radius 3 is 2.85 bits per heavy atom. The predicted octanol–water partition coefficient (Wildman–Crippen LogP) is 0.474. The summed E-state index contributed by atoms with van der Waals surface area (Å²) in [4.78, 5) is 0. The SMILES string of the molecule is CCC1[NH2+]C2CCCC2C(N)C1C. The molecule has 0 aromatic heterocycles. The second-order valence-electron chi connectivity index (χ2n) is 4.96. The van der Waals surface area contributed by atoms with Crippen LogP contribution in [0.4, 0.5) is 0 Å². The summed E-state index contributed by atoms with van der Waals surface area (Å²) >= 11 is 0. The monoisotopic (exact) mass is 183 g/mol. The van der Waals surface area contributed by atoms with E-state index in [9.17, 15) is 0 Å². The van der Waals surface area contributed by atoms with Gasteiger partial charge in [0, 0.05) is 17.9 Å². The van der Waals surface area contributed by atoms with Crippen molar-refractivity contribution in [1.29, 1.82) is 0 Å². The van der Waals surface area contributed by atoms with E-state index in [2.05, 4.69) is 19.2 Å². The van der Waals surface area contributed by atoms with Crippen LogP contribution in [0.5, 0.6) is 0 Å². The van der Waals surface area contributed by atoms with Gasteiger partial charge in [0.15, 0.2) is 0 Å². The predicted molar refractivity (Wildman–Crippen MR) is 54.3 cm³/mol. The zero-order chi connectivity index (χ0) is 9.42. The van der Waals surface area contributed by atoms with Crippen LogP contribution in [0.2, 0.25) is 0 Å². The van der Waals surface area contributed by atoms with Gasteiger partial charge in [-0.15, -0.1) is 0 Å². The summed E-state index contributed by atoms with van der Waals surface area (Å²) < 4.78 is 0. The van der Waals surface area contributed by atoms with Gasteiger partial charge >= 0.3 is 0 Å². The third-order valence-electron chi connectivity index (χ3n) is 4.37. The summed E-state index contributed by atoms with van der Waals surface area (Å²) in [6.07, 6.45) is 5.46. The number of hydrogen-bond acceptors (Lipinski definition) is 1. The average Bonchev–Trinajstić information content (AvgIpc) is 2.59. The number of piperidine rings is 1. The van der Waals surface area contributed by atoms with Crippen molar-refractivity contribution in [2.75, 3.05) is 0 Å². The molecule has 2 nitrogen and oxygen atoms in total. The third kappa shape index (κ3) is 1.50. The first-order chi connectivity index (χ1) is 6.24. The van der Waals surface area contributed by atoms with Gasteiger partial charge in [0.25, 0.3) is 0 Å². The maximum atomic E-state index is 6.31. The first kappa shape index (κ1) is 9.47. The molecule has 1 heterocycles. The Hall–Kier alpha value is -0.0800.